The van der Waals surface area contributed by atoms with Crippen molar-refractivity contribution in [2.24, 2.45) is 0 Å². The van der Waals surface area contributed by atoms with Crippen LogP contribution in [-0.4, -0.2) is 21.7 Å². The first-order chi connectivity index (χ1) is 6.33. The van der Waals surface area contributed by atoms with Crippen molar-refractivity contribution >= 4 is 16.3 Å². The summed E-state index contributed by atoms with van der Waals surface area (Å²) >= 11 is 1.63. The van der Waals surface area contributed by atoms with Gasteiger partial charge in [0.1, 0.15) is 5.01 Å². The minimum absolute atomic E-state index is 0.553. The van der Waals surface area contributed by atoms with Crippen LogP contribution in [0.1, 0.15) is 17.6 Å². The molecular formula is C8H11N3OS. The van der Waals surface area contributed by atoms with E-state index in [0.29, 0.717) is 6.61 Å². The van der Waals surface area contributed by atoms with E-state index in [1.54, 1.807) is 18.4 Å². The Kier molecular flexibility index (Phi) is 2.28. The molecule has 2 heterocycles. The summed E-state index contributed by atoms with van der Waals surface area (Å²) in [5, 5.41) is 5.47. The number of aromatic nitrogens is 3. The Morgan fingerprint density at radius 1 is 1.62 bits per heavy atom. The first kappa shape index (κ1) is 8.65. The fraction of sp³-hybridized carbons (Fsp3) is 0.500. The number of methoxy groups -OCH3 is 1. The Balaban J connectivity index is 2.36. The first-order valence-electron chi connectivity index (χ1n) is 4.16. The zero-order chi connectivity index (χ0) is 9.26. The van der Waals surface area contributed by atoms with Crippen LogP contribution in [0.15, 0.2) is 6.20 Å². The first-order valence-corrected chi connectivity index (χ1v) is 4.98. The molecule has 0 amide bonds. The molecule has 0 aliphatic rings. The lowest BCUT2D eigenvalue weighted by Gasteiger charge is -1.89. The van der Waals surface area contributed by atoms with Gasteiger partial charge < -0.3 is 4.74 Å². The summed E-state index contributed by atoms with van der Waals surface area (Å²) < 4.78 is 6.80. The third kappa shape index (κ3) is 1.57. The minimum Gasteiger partial charge on any atom is -0.378 e. The lowest BCUT2D eigenvalue weighted by atomic mass is 10.5. The van der Waals surface area contributed by atoms with E-state index in [9.17, 15) is 0 Å². The van der Waals surface area contributed by atoms with Gasteiger partial charge >= 0.3 is 0 Å². The molecule has 0 saturated carbocycles. The maximum absolute atomic E-state index is 4.98. The SMILES string of the molecule is CCc1nn2cc(COC)nc2s1. The number of aryl methyl sites for hydroxylation is 1. The molecule has 4 nitrogen and oxygen atoms in total. The van der Waals surface area contributed by atoms with E-state index in [1.807, 2.05) is 10.7 Å². The summed E-state index contributed by atoms with van der Waals surface area (Å²) in [5.74, 6) is 0. The number of rotatable bonds is 3. The maximum atomic E-state index is 4.98. The van der Waals surface area contributed by atoms with Gasteiger partial charge in [-0.2, -0.15) is 5.10 Å². The molecule has 0 spiro atoms. The molecule has 0 aromatic carbocycles. The van der Waals surface area contributed by atoms with Crippen molar-refractivity contribution in [2.45, 2.75) is 20.0 Å². The molecule has 0 saturated heterocycles. The second kappa shape index (κ2) is 3.43. The average molecular weight is 197 g/mol. The molecule has 0 aliphatic carbocycles. The zero-order valence-electron chi connectivity index (χ0n) is 7.65. The molecule has 5 heteroatoms. The highest BCUT2D eigenvalue weighted by Gasteiger charge is 2.05. The number of fused-ring (bicyclic) bond motifs is 1. The normalized spacial score (nSPS) is 11.2. The van der Waals surface area contributed by atoms with E-state index >= 15 is 0 Å². The van der Waals surface area contributed by atoms with E-state index in [1.165, 1.54) is 0 Å². The van der Waals surface area contributed by atoms with Gasteiger partial charge in [-0.3, -0.25) is 0 Å². The van der Waals surface area contributed by atoms with E-state index < -0.39 is 0 Å². The van der Waals surface area contributed by atoms with Crippen molar-refractivity contribution in [3.63, 3.8) is 0 Å². The van der Waals surface area contributed by atoms with Gasteiger partial charge in [-0.25, -0.2) is 9.50 Å². The van der Waals surface area contributed by atoms with Crippen LogP contribution in [0.25, 0.3) is 4.96 Å². The van der Waals surface area contributed by atoms with Crippen molar-refractivity contribution in [2.75, 3.05) is 7.11 Å². The van der Waals surface area contributed by atoms with Crippen LogP contribution in [0.3, 0.4) is 0 Å². The smallest absolute Gasteiger partial charge is 0.212 e. The van der Waals surface area contributed by atoms with E-state index in [-0.39, 0.29) is 0 Å². The third-order valence-electron chi connectivity index (χ3n) is 1.73. The van der Waals surface area contributed by atoms with Crippen molar-refractivity contribution in [1.82, 2.24) is 14.6 Å². The lowest BCUT2D eigenvalue weighted by molar-refractivity contribution is 0.182. The number of hydrogen-bond donors (Lipinski definition) is 0. The Hall–Kier alpha value is -0.940. The number of nitrogens with zero attached hydrogens (tertiary/aromatic N) is 3. The van der Waals surface area contributed by atoms with Gasteiger partial charge in [0.15, 0.2) is 0 Å². The summed E-state index contributed by atoms with van der Waals surface area (Å²) in [6.07, 6.45) is 2.88. The van der Waals surface area contributed by atoms with Crippen LogP contribution in [0, 0.1) is 0 Å². The van der Waals surface area contributed by atoms with Gasteiger partial charge in [-0.05, 0) is 6.42 Å². The highest BCUT2D eigenvalue weighted by Crippen LogP contribution is 2.15. The summed E-state index contributed by atoms with van der Waals surface area (Å²) in [6, 6.07) is 0. The largest absolute Gasteiger partial charge is 0.378 e. The molecule has 2 aromatic rings. The van der Waals surface area contributed by atoms with Crippen LogP contribution in [0.2, 0.25) is 0 Å². The fourth-order valence-electron chi connectivity index (χ4n) is 1.15. The predicted molar refractivity (Wildman–Crippen MR) is 51.0 cm³/mol. The van der Waals surface area contributed by atoms with Gasteiger partial charge in [0.25, 0.3) is 0 Å². The van der Waals surface area contributed by atoms with Crippen LogP contribution >= 0.6 is 11.3 Å². The molecule has 0 radical (unpaired) electrons. The van der Waals surface area contributed by atoms with Crippen molar-refractivity contribution < 1.29 is 4.74 Å². The molecule has 2 aromatic heterocycles. The molecule has 70 valence electrons. The quantitative estimate of drug-likeness (QED) is 0.748. The number of ether oxygens (including phenoxy) is 1. The third-order valence-corrected chi connectivity index (χ3v) is 2.80. The molecule has 0 bridgehead atoms. The minimum atomic E-state index is 0.553. The summed E-state index contributed by atoms with van der Waals surface area (Å²) in [7, 11) is 1.67. The summed E-state index contributed by atoms with van der Waals surface area (Å²) in [6.45, 7) is 2.64. The predicted octanol–water partition coefficient (Wildman–Crippen LogP) is 1.50. The molecule has 0 atom stereocenters. The zero-order valence-corrected chi connectivity index (χ0v) is 8.47. The lowest BCUT2D eigenvalue weighted by Crippen LogP contribution is -1.87. The standard InChI is InChI=1S/C8H11N3OS/c1-3-7-10-11-4-6(5-12-2)9-8(11)13-7/h4H,3,5H2,1-2H3. The van der Waals surface area contributed by atoms with Crippen molar-refractivity contribution in [1.29, 1.82) is 0 Å². The molecule has 0 fully saturated rings. The van der Waals surface area contributed by atoms with E-state index in [0.717, 1.165) is 22.1 Å². The monoisotopic (exact) mass is 197 g/mol. The molecule has 2 rings (SSSR count). The Labute approximate surface area is 80.2 Å². The topological polar surface area (TPSA) is 39.4 Å². The number of hydrogen-bond acceptors (Lipinski definition) is 4. The van der Waals surface area contributed by atoms with Gasteiger partial charge in [0, 0.05) is 7.11 Å². The Bertz CT molecular complexity index is 375. The van der Waals surface area contributed by atoms with Crippen molar-refractivity contribution in [3.05, 3.63) is 16.9 Å². The number of imidazole rings is 1. The fourth-order valence-corrected chi connectivity index (χ4v) is 1.98. The van der Waals surface area contributed by atoms with Crippen LogP contribution in [-0.2, 0) is 17.8 Å². The molecule has 0 N–H and O–H groups in total. The van der Waals surface area contributed by atoms with Gasteiger partial charge in [0.2, 0.25) is 4.96 Å². The Morgan fingerprint density at radius 3 is 3.08 bits per heavy atom. The van der Waals surface area contributed by atoms with Crippen LogP contribution in [0.5, 0.6) is 0 Å². The average Bonchev–Trinajstić information content (AvgIpc) is 2.61. The highest BCUT2D eigenvalue weighted by molar-refractivity contribution is 7.16. The molecule has 13 heavy (non-hydrogen) atoms. The van der Waals surface area contributed by atoms with E-state index in [2.05, 4.69) is 17.0 Å². The molecule has 0 aliphatic heterocycles. The second-order valence-electron chi connectivity index (χ2n) is 2.74. The van der Waals surface area contributed by atoms with Crippen LogP contribution in [0.4, 0.5) is 0 Å². The molecule has 0 unspecified atom stereocenters. The van der Waals surface area contributed by atoms with Crippen LogP contribution < -0.4 is 0 Å². The summed E-state index contributed by atoms with van der Waals surface area (Å²) in [4.78, 5) is 5.31. The molecular weight excluding hydrogens is 186 g/mol. The van der Waals surface area contributed by atoms with E-state index in [4.69, 9.17) is 4.74 Å². The summed E-state index contributed by atoms with van der Waals surface area (Å²) in [5.41, 5.74) is 0.934. The van der Waals surface area contributed by atoms with Gasteiger partial charge in [-0.1, -0.05) is 18.3 Å². The highest BCUT2D eigenvalue weighted by atomic mass is 32.1. The second-order valence-corrected chi connectivity index (χ2v) is 3.78. The van der Waals surface area contributed by atoms with Gasteiger partial charge in [-0.15, -0.1) is 0 Å². The Morgan fingerprint density at radius 2 is 2.46 bits per heavy atom. The van der Waals surface area contributed by atoms with Gasteiger partial charge in [0.05, 0.1) is 18.5 Å². The van der Waals surface area contributed by atoms with Crippen molar-refractivity contribution in [3.8, 4) is 0 Å². The maximum Gasteiger partial charge on any atom is 0.212 e.